The molecule has 0 aromatic rings. The van der Waals surface area contributed by atoms with Gasteiger partial charge in [0.2, 0.25) is 5.91 Å². The number of nitrogens with one attached hydrogen (secondary N) is 2. The van der Waals surface area contributed by atoms with Gasteiger partial charge in [0.05, 0.1) is 0 Å². The molecule has 1 aliphatic carbocycles. The molecule has 1 saturated carbocycles. The van der Waals surface area contributed by atoms with Crippen molar-refractivity contribution in [3.05, 3.63) is 12.7 Å². The number of urea groups is 1. The molecule has 6 heteroatoms. The second kappa shape index (κ2) is 6.07. The second-order valence-corrected chi connectivity index (χ2v) is 5.38. The van der Waals surface area contributed by atoms with E-state index in [1.807, 2.05) is 0 Å². The molecule has 2 aliphatic rings. The third-order valence-corrected chi connectivity index (χ3v) is 4.00. The van der Waals surface area contributed by atoms with E-state index < -0.39 is 5.54 Å². The van der Waals surface area contributed by atoms with Gasteiger partial charge in [-0.3, -0.25) is 14.5 Å². The van der Waals surface area contributed by atoms with Crippen molar-refractivity contribution < 1.29 is 14.4 Å². The van der Waals surface area contributed by atoms with Crippen LogP contribution in [0.5, 0.6) is 0 Å². The third-order valence-electron chi connectivity index (χ3n) is 4.00. The minimum Gasteiger partial charge on any atom is -0.353 e. The van der Waals surface area contributed by atoms with E-state index >= 15 is 0 Å². The van der Waals surface area contributed by atoms with Crippen molar-refractivity contribution in [2.24, 2.45) is 0 Å². The van der Waals surface area contributed by atoms with Gasteiger partial charge in [-0.15, -0.1) is 0 Å². The van der Waals surface area contributed by atoms with Crippen molar-refractivity contribution in [3.63, 3.8) is 0 Å². The maximum absolute atomic E-state index is 12.4. The van der Waals surface area contributed by atoms with Crippen molar-refractivity contribution >= 4 is 17.8 Å². The number of carbonyl (C=O) groups excluding carboxylic acids is 3. The number of hydrogen-bond acceptors (Lipinski definition) is 3. The Balaban J connectivity index is 1.86. The van der Waals surface area contributed by atoms with E-state index in [9.17, 15) is 14.4 Å². The Kier molecular flexibility index (Phi) is 4.42. The number of amides is 4. The highest BCUT2D eigenvalue weighted by molar-refractivity contribution is 6.07. The molecule has 2 N–H and O–H groups in total. The Morgan fingerprint density at radius 1 is 1.35 bits per heavy atom. The zero-order valence-electron chi connectivity index (χ0n) is 11.6. The number of imide groups is 1. The number of nitrogens with zero attached hydrogens (tertiary/aromatic N) is 1. The normalized spacial score (nSPS) is 20.9. The van der Waals surface area contributed by atoms with Crippen molar-refractivity contribution in [2.75, 3.05) is 13.1 Å². The predicted molar refractivity (Wildman–Crippen MR) is 73.9 cm³/mol. The molecule has 0 aromatic carbocycles. The van der Waals surface area contributed by atoms with Crippen LogP contribution in [0.3, 0.4) is 0 Å². The highest BCUT2D eigenvalue weighted by Gasteiger charge is 2.50. The standard InChI is InChI=1S/C14H21N3O3/c1-2-11(18)15-9-6-10-17-12(19)14(16-13(17)20)7-4-3-5-8-14/h2H,1,3-10H2,(H,15,18)(H,16,20). The lowest BCUT2D eigenvalue weighted by Crippen LogP contribution is -2.48. The predicted octanol–water partition coefficient (Wildman–Crippen LogP) is 0.933. The SMILES string of the molecule is C=CC(=O)NCCCN1C(=O)NC2(CCCCC2)C1=O. The number of hydrogen-bond donors (Lipinski definition) is 2. The molecule has 0 radical (unpaired) electrons. The summed E-state index contributed by atoms with van der Waals surface area (Å²) in [4.78, 5) is 36.6. The molecule has 110 valence electrons. The van der Waals surface area contributed by atoms with Gasteiger partial charge in [0.15, 0.2) is 0 Å². The van der Waals surface area contributed by atoms with Crippen LogP contribution in [0.1, 0.15) is 38.5 Å². The molecular formula is C14H21N3O3. The van der Waals surface area contributed by atoms with Gasteiger partial charge in [-0.05, 0) is 25.3 Å². The number of rotatable bonds is 5. The zero-order chi connectivity index (χ0) is 14.6. The average Bonchev–Trinajstić information content (AvgIpc) is 2.67. The van der Waals surface area contributed by atoms with Crippen LogP contribution >= 0.6 is 0 Å². The maximum atomic E-state index is 12.4. The monoisotopic (exact) mass is 279 g/mol. The van der Waals surface area contributed by atoms with Crippen LogP contribution in [0.15, 0.2) is 12.7 Å². The first kappa shape index (κ1) is 14.6. The van der Waals surface area contributed by atoms with Crippen LogP contribution in [-0.2, 0) is 9.59 Å². The summed E-state index contributed by atoms with van der Waals surface area (Å²) in [6.07, 6.45) is 6.31. The van der Waals surface area contributed by atoms with E-state index in [2.05, 4.69) is 17.2 Å². The lowest BCUT2D eigenvalue weighted by molar-refractivity contribution is -0.132. The lowest BCUT2D eigenvalue weighted by atomic mass is 9.82. The molecule has 4 amide bonds. The molecule has 20 heavy (non-hydrogen) atoms. The largest absolute Gasteiger partial charge is 0.353 e. The molecule has 1 spiro atoms. The van der Waals surface area contributed by atoms with Crippen molar-refractivity contribution in [2.45, 2.75) is 44.1 Å². The van der Waals surface area contributed by atoms with Crippen molar-refractivity contribution in [1.82, 2.24) is 15.5 Å². The van der Waals surface area contributed by atoms with Crippen LogP contribution in [0.4, 0.5) is 4.79 Å². The van der Waals surface area contributed by atoms with Crippen molar-refractivity contribution in [3.8, 4) is 0 Å². The van der Waals surface area contributed by atoms with Crippen LogP contribution < -0.4 is 10.6 Å². The Labute approximate surface area is 118 Å². The van der Waals surface area contributed by atoms with Crippen molar-refractivity contribution in [1.29, 1.82) is 0 Å². The molecule has 1 saturated heterocycles. The van der Waals surface area contributed by atoms with E-state index in [-0.39, 0.29) is 17.8 Å². The average molecular weight is 279 g/mol. The summed E-state index contributed by atoms with van der Waals surface area (Å²) >= 11 is 0. The van der Waals surface area contributed by atoms with Crippen LogP contribution in [0.25, 0.3) is 0 Å². The molecule has 0 aromatic heterocycles. The molecule has 6 nitrogen and oxygen atoms in total. The molecule has 2 fully saturated rings. The van der Waals surface area contributed by atoms with E-state index in [4.69, 9.17) is 0 Å². The second-order valence-electron chi connectivity index (χ2n) is 5.38. The summed E-state index contributed by atoms with van der Waals surface area (Å²) in [5.74, 6) is -0.344. The highest BCUT2D eigenvalue weighted by Crippen LogP contribution is 2.33. The molecule has 0 bridgehead atoms. The van der Waals surface area contributed by atoms with E-state index in [1.165, 1.54) is 11.0 Å². The third kappa shape index (κ3) is 2.84. The Hall–Kier alpha value is -1.85. The van der Waals surface area contributed by atoms with Gasteiger partial charge in [-0.1, -0.05) is 25.8 Å². The fraction of sp³-hybridized carbons (Fsp3) is 0.643. The van der Waals surface area contributed by atoms with Crippen LogP contribution in [0, 0.1) is 0 Å². The van der Waals surface area contributed by atoms with E-state index in [0.717, 1.165) is 32.1 Å². The molecule has 1 heterocycles. The summed E-state index contributed by atoms with van der Waals surface area (Å²) in [6, 6.07) is -0.299. The topological polar surface area (TPSA) is 78.5 Å². The van der Waals surface area contributed by atoms with Gasteiger partial charge in [0.1, 0.15) is 5.54 Å². The summed E-state index contributed by atoms with van der Waals surface area (Å²) in [5.41, 5.74) is -0.653. The molecule has 2 rings (SSSR count). The molecule has 1 aliphatic heterocycles. The summed E-state index contributed by atoms with van der Waals surface area (Å²) in [6.45, 7) is 4.12. The first-order valence-corrected chi connectivity index (χ1v) is 7.13. The van der Waals surface area contributed by atoms with Gasteiger partial charge in [0.25, 0.3) is 5.91 Å². The van der Waals surface area contributed by atoms with Gasteiger partial charge in [-0.25, -0.2) is 4.79 Å². The maximum Gasteiger partial charge on any atom is 0.325 e. The Bertz CT molecular complexity index is 427. The van der Waals surface area contributed by atoms with Gasteiger partial charge in [-0.2, -0.15) is 0 Å². The molecular weight excluding hydrogens is 258 g/mol. The highest BCUT2D eigenvalue weighted by atomic mass is 16.2. The fourth-order valence-corrected chi connectivity index (χ4v) is 2.89. The summed E-state index contributed by atoms with van der Waals surface area (Å²) < 4.78 is 0. The van der Waals surface area contributed by atoms with E-state index in [1.54, 1.807) is 0 Å². The smallest absolute Gasteiger partial charge is 0.325 e. The van der Waals surface area contributed by atoms with Crippen LogP contribution in [0.2, 0.25) is 0 Å². The fourth-order valence-electron chi connectivity index (χ4n) is 2.89. The lowest BCUT2D eigenvalue weighted by Gasteiger charge is -2.30. The minimum absolute atomic E-state index is 0.0998. The molecule has 0 unspecified atom stereocenters. The Morgan fingerprint density at radius 3 is 2.70 bits per heavy atom. The van der Waals surface area contributed by atoms with E-state index in [0.29, 0.717) is 19.5 Å². The number of carbonyl (C=O) groups is 3. The minimum atomic E-state index is -0.653. The van der Waals surface area contributed by atoms with Gasteiger partial charge in [0, 0.05) is 13.1 Å². The quantitative estimate of drug-likeness (QED) is 0.446. The first-order valence-electron chi connectivity index (χ1n) is 7.13. The van der Waals surface area contributed by atoms with Gasteiger partial charge >= 0.3 is 6.03 Å². The summed E-state index contributed by atoms with van der Waals surface area (Å²) in [5, 5.41) is 5.49. The van der Waals surface area contributed by atoms with Crippen LogP contribution in [-0.4, -0.2) is 41.4 Å². The summed E-state index contributed by atoms with van der Waals surface area (Å²) in [7, 11) is 0. The Morgan fingerprint density at radius 2 is 2.05 bits per heavy atom. The van der Waals surface area contributed by atoms with Gasteiger partial charge < -0.3 is 10.6 Å². The first-order chi connectivity index (χ1) is 9.59. The zero-order valence-corrected chi connectivity index (χ0v) is 11.6. The molecule has 0 atom stereocenters.